The standard InChI is InChI=1S/C17H24N4O3/c1-2-23-15-10-12(11-20-21-17(18)19)8-9-14(15)24-16(22)13-6-4-3-5-7-13/h8-11,13H,2-7H2,1H3,(H4,18,19,21). The van der Waals surface area contributed by atoms with E-state index in [0.29, 0.717) is 18.1 Å². The van der Waals surface area contributed by atoms with Crippen LogP contribution in [-0.2, 0) is 4.79 Å². The van der Waals surface area contributed by atoms with Crippen molar-refractivity contribution in [2.24, 2.45) is 27.6 Å². The number of nitrogens with zero attached hydrogens (tertiary/aromatic N) is 2. The van der Waals surface area contributed by atoms with Crippen molar-refractivity contribution in [1.82, 2.24) is 0 Å². The Morgan fingerprint density at radius 1 is 1.25 bits per heavy atom. The Bertz CT molecular complexity index is 618. The van der Waals surface area contributed by atoms with E-state index in [1.807, 2.05) is 6.92 Å². The Hall–Kier alpha value is -2.57. The van der Waals surface area contributed by atoms with E-state index < -0.39 is 0 Å². The van der Waals surface area contributed by atoms with Crippen LogP contribution in [0.2, 0.25) is 0 Å². The molecule has 0 heterocycles. The Labute approximate surface area is 141 Å². The lowest BCUT2D eigenvalue weighted by Gasteiger charge is -2.20. The summed E-state index contributed by atoms with van der Waals surface area (Å²) in [4.78, 5) is 12.3. The normalized spacial score (nSPS) is 15.2. The van der Waals surface area contributed by atoms with Gasteiger partial charge < -0.3 is 20.9 Å². The van der Waals surface area contributed by atoms with Gasteiger partial charge in [-0.05, 0) is 43.5 Å². The number of hydrogen-bond donors (Lipinski definition) is 2. The Morgan fingerprint density at radius 3 is 2.67 bits per heavy atom. The number of ether oxygens (including phenoxy) is 2. The zero-order valence-electron chi connectivity index (χ0n) is 13.9. The van der Waals surface area contributed by atoms with Crippen molar-refractivity contribution < 1.29 is 14.3 Å². The molecule has 0 spiro atoms. The molecule has 1 fully saturated rings. The molecule has 24 heavy (non-hydrogen) atoms. The fourth-order valence-corrected chi connectivity index (χ4v) is 2.65. The molecule has 0 aliphatic heterocycles. The number of esters is 1. The Balaban J connectivity index is 2.12. The van der Waals surface area contributed by atoms with Crippen molar-refractivity contribution in [3.63, 3.8) is 0 Å². The van der Waals surface area contributed by atoms with Crippen LogP contribution in [0.5, 0.6) is 11.5 Å². The molecule has 7 heteroatoms. The van der Waals surface area contributed by atoms with Gasteiger partial charge in [-0.15, -0.1) is 5.10 Å². The van der Waals surface area contributed by atoms with Gasteiger partial charge in [0.05, 0.1) is 18.7 Å². The summed E-state index contributed by atoms with van der Waals surface area (Å²) in [5.74, 6) is 0.602. The number of hydrogen-bond acceptors (Lipinski definition) is 5. The number of carbonyl (C=O) groups is 1. The fourth-order valence-electron chi connectivity index (χ4n) is 2.65. The van der Waals surface area contributed by atoms with Gasteiger partial charge in [0.1, 0.15) is 0 Å². The molecule has 1 aromatic rings. The predicted octanol–water partition coefficient (Wildman–Crippen LogP) is 2.18. The average molecular weight is 332 g/mol. The van der Waals surface area contributed by atoms with Gasteiger partial charge in [-0.1, -0.05) is 19.3 Å². The van der Waals surface area contributed by atoms with Crippen LogP contribution in [-0.4, -0.2) is 24.8 Å². The molecule has 1 aliphatic carbocycles. The third-order valence-electron chi connectivity index (χ3n) is 3.80. The maximum atomic E-state index is 12.3. The summed E-state index contributed by atoms with van der Waals surface area (Å²) in [6, 6.07) is 5.19. The monoisotopic (exact) mass is 332 g/mol. The van der Waals surface area contributed by atoms with E-state index in [1.165, 1.54) is 12.6 Å². The third-order valence-corrected chi connectivity index (χ3v) is 3.80. The first-order chi connectivity index (χ1) is 11.6. The summed E-state index contributed by atoms with van der Waals surface area (Å²) in [5, 5.41) is 7.30. The molecule has 0 bridgehead atoms. The predicted molar refractivity (Wildman–Crippen MR) is 93.2 cm³/mol. The number of benzene rings is 1. The average Bonchev–Trinajstić information content (AvgIpc) is 2.57. The van der Waals surface area contributed by atoms with Crippen LogP contribution in [0.1, 0.15) is 44.6 Å². The van der Waals surface area contributed by atoms with Crippen molar-refractivity contribution in [3.05, 3.63) is 23.8 Å². The third kappa shape index (κ3) is 5.26. The summed E-state index contributed by atoms with van der Waals surface area (Å²) < 4.78 is 11.1. The van der Waals surface area contributed by atoms with Crippen LogP contribution < -0.4 is 20.9 Å². The molecule has 0 radical (unpaired) electrons. The van der Waals surface area contributed by atoms with E-state index in [1.54, 1.807) is 18.2 Å². The van der Waals surface area contributed by atoms with Crippen molar-refractivity contribution in [3.8, 4) is 11.5 Å². The van der Waals surface area contributed by atoms with Crippen molar-refractivity contribution in [2.45, 2.75) is 39.0 Å². The van der Waals surface area contributed by atoms with Gasteiger partial charge in [0.2, 0.25) is 5.96 Å². The van der Waals surface area contributed by atoms with Gasteiger partial charge in [-0.25, -0.2) is 0 Å². The second-order valence-electron chi connectivity index (χ2n) is 5.66. The van der Waals surface area contributed by atoms with Crippen molar-refractivity contribution >= 4 is 18.1 Å². The summed E-state index contributed by atoms with van der Waals surface area (Å²) in [7, 11) is 0. The minimum absolute atomic E-state index is 0.0173. The van der Waals surface area contributed by atoms with Gasteiger partial charge in [-0.3, -0.25) is 4.79 Å². The summed E-state index contributed by atoms with van der Waals surface area (Å²) in [5.41, 5.74) is 11.2. The first-order valence-corrected chi connectivity index (χ1v) is 8.20. The van der Waals surface area contributed by atoms with Gasteiger partial charge in [0.25, 0.3) is 0 Å². The highest BCUT2D eigenvalue weighted by atomic mass is 16.6. The molecule has 130 valence electrons. The zero-order chi connectivity index (χ0) is 17.4. The molecule has 0 amide bonds. The van der Waals surface area contributed by atoms with Gasteiger partial charge in [-0.2, -0.15) is 5.10 Å². The largest absolute Gasteiger partial charge is 0.490 e. The number of guanidine groups is 1. The number of rotatable bonds is 6. The lowest BCUT2D eigenvalue weighted by Crippen LogP contribution is -2.23. The van der Waals surface area contributed by atoms with Crippen molar-refractivity contribution in [1.29, 1.82) is 0 Å². The lowest BCUT2D eigenvalue weighted by atomic mass is 9.89. The van der Waals surface area contributed by atoms with Crippen LogP contribution in [0.15, 0.2) is 28.4 Å². The first-order valence-electron chi connectivity index (χ1n) is 8.20. The quantitative estimate of drug-likeness (QED) is 0.272. The zero-order valence-corrected chi connectivity index (χ0v) is 13.9. The fraction of sp³-hybridized carbons (Fsp3) is 0.471. The lowest BCUT2D eigenvalue weighted by molar-refractivity contribution is -0.140. The smallest absolute Gasteiger partial charge is 0.314 e. The van der Waals surface area contributed by atoms with Crippen LogP contribution in [0.4, 0.5) is 0 Å². The highest BCUT2D eigenvalue weighted by Gasteiger charge is 2.24. The molecule has 0 saturated heterocycles. The maximum Gasteiger partial charge on any atom is 0.314 e. The molecule has 1 aliphatic rings. The maximum absolute atomic E-state index is 12.3. The minimum atomic E-state index is -0.183. The van der Waals surface area contributed by atoms with Crippen molar-refractivity contribution in [2.75, 3.05) is 6.61 Å². The molecule has 0 unspecified atom stereocenters. The van der Waals surface area contributed by atoms with E-state index in [9.17, 15) is 4.79 Å². The molecule has 0 aromatic heterocycles. The van der Waals surface area contributed by atoms with Crippen LogP contribution in [0, 0.1) is 5.92 Å². The Kier molecular flexibility index (Phi) is 6.60. The van der Waals surface area contributed by atoms with Gasteiger partial charge >= 0.3 is 5.97 Å². The summed E-state index contributed by atoms with van der Waals surface area (Å²) in [6.07, 6.45) is 6.64. The van der Waals surface area contributed by atoms with E-state index in [-0.39, 0.29) is 17.8 Å². The minimum Gasteiger partial charge on any atom is -0.490 e. The van der Waals surface area contributed by atoms with E-state index in [0.717, 1.165) is 31.2 Å². The molecule has 1 aromatic carbocycles. The van der Waals surface area contributed by atoms with Crippen LogP contribution >= 0.6 is 0 Å². The highest BCUT2D eigenvalue weighted by molar-refractivity contribution is 5.83. The second kappa shape index (κ2) is 8.90. The highest BCUT2D eigenvalue weighted by Crippen LogP contribution is 2.31. The molecule has 0 atom stereocenters. The molecule has 1 saturated carbocycles. The van der Waals surface area contributed by atoms with E-state index >= 15 is 0 Å². The summed E-state index contributed by atoms with van der Waals surface area (Å²) in [6.45, 7) is 2.33. The Morgan fingerprint density at radius 2 is 2.00 bits per heavy atom. The molecular weight excluding hydrogens is 308 g/mol. The first kappa shape index (κ1) is 17.8. The molecule has 4 N–H and O–H groups in total. The van der Waals surface area contributed by atoms with Crippen LogP contribution in [0.25, 0.3) is 0 Å². The molecule has 7 nitrogen and oxygen atoms in total. The molecule has 2 rings (SSSR count). The van der Waals surface area contributed by atoms with E-state index in [4.69, 9.17) is 20.9 Å². The SMILES string of the molecule is CCOc1cc(C=NN=C(N)N)ccc1OC(=O)C1CCCCC1. The van der Waals surface area contributed by atoms with Gasteiger partial charge in [0, 0.05) is 0 Å². The van der Waals surface area contributed by atoms with Crippen LogP contribution in [0.3, 0.4) is 0 Å². The number of nitrogens with two attached hydrogens (primary N) is 2. The topological polar surface area (TPSA) is 112 Å². The molecular formula is C17H24N4O3. The second-order valence-corrected chi connectivity index (χ2v) is 5.66. The van der Waals surface area contributed by atoms with E-state index in [2.05, 4.69) is 10.2 Å². The number of carbonyl (C=O) groups excluding carboxylic acids is 1. The summed E-state index contributed by atoms with van der Waals surface area (Å²) >= 11 is 0. The van der Waals surface area contributed by atoms with Gasteiger partial charge in [0.15, 0.2) is 11.5 Å².